The van der Waals surface area contributed by atoms with Crippen LogP contribution in [0.1, 0.15) is 10.6 Å². The van der Waals surface area contributed by atoms with Gasteiger partial charge in [0.25, 0.3) is 0 Å². The summed E-state index contributed by atoms with van der Waals surface area (Å²) < 4.78 is 6.68. The van der Waals surface area contributed by atoms with E-state index in [1.807, 2.05) is 31.2 Å². The van der Waals surface area contributed by atoms with Crippen LogP contribution in [0.4, 0.5) is 5.69 Å². The van der Waals surface area contributed by atoms with E-state index in [0.717, 1.165) is 20.8 Å². The molecule has 0 amide bonds. The van der Waals surface area contributed by atoms with Crippen LogP contribution in [0, 0.1) is 17.0 Å². The first-order valence-corrected chi connectivity index (χ1v) is 7.17. The fraction of sp³-hybridized carbons (Fsp3) is 0.133. The van der Waals surface area contributed by atoms with Crippen LogP contribution in [0.25, 0.3) is 10.2 Å². The quantitative estimate of drug-likeness (QED) is 0.537. The Morgan fingerprint density at radius 2 is 2.10 bits per heavy atom. The van der Waals surface area contributed by atoms with E-state index in [1.165, 1.54) is 17.4 Å². The monoisotopic (exact) mass is 300 g/mol. The standard InChI is InChI=1S/C15H12N2O3S/c1-10-6-7-12(17(18)19)13(8-10)20-9-15-16-11-4-2-3-5-14(11)21-15/h2-8H,9H2,1H3. The second-order valence-corrected chi connectivity index (χ2v) is 5.71. The zero-order valence-corrected chi connectivity index (χ0v) is 12.1. The number of nitrogens with zero attached hydrogens (tertiary/aromatic N) is 2. The Hall–Kier alpha value is -2.47. The van der Waals surface area contributed by atoms with Gasteiger partial charge in [-0.1, -0.05) is 18.2 Å². The van der Waals surface area contributed by atoms with Crippen LogP contribution in [-0.4, -0.2) is 9.91 Å². The molecule has 0 unspecified atom stereocenters. The highest BCUT2D eigenvalue weighted by molar-refractivity contribution is 7.18. The lowest BCUT2D eigenvalue weighted by Gasteiger charge is -2.05. The first-order chi connectivity index (χ1) is 10.1. The molecule has 0 atom stereocenters. The molecule has 0 bridgehead atoms. The molecule has 2 aromatic carbocycles. The highest BCUT2D eigenvalue weighted by Crippen LogP contribution is 2.29. The topological polar surface area (TPSA) is 65.3 Å². The summed E-state index contributed by atoms with van der Waals surface area (Å²) in [5.41, 5.74) is 1.81. The SMILES string of the molecule is Cc1ccc([N+](=O)[O-])c(OCc2nc3ccccc3s2)c1. The number of para-hydroxylation sites is 1. The number of rotatable bonds is 4. The maximum Gasteiger partial charge on any atom is 0.310 e. The van der Waals surface area contributed by atoms with Gasteiger partial charge in [-0.05, 0) is 30.7 Å². The lowest BCUT2D eigenvalue weighted by atomic mass is 10.2. The molecule has 0 spiro atoms. The van der Waals surface area contributed by atoms with E-state index in [-0.39, 0.29) is 18.0 Å². The Bertz CT molecular complexity index is 781. The van der Waals surface area contributed by atoms with Crippen LogP contribution < -0.4 is 4.74 Å². The van der Waals surface area contributed by atoms with Gasteiger partial charge >= 0.3 is 5.69 Å². The maximum atomic E-state index is 11.0. The van der Waals surface area contributed by atoms with Crippen molar-refractivity contribution in [2.75, 3.05) is 0 Å². The smallest absolute Gasteiger partial charge is 0.310 e. The zero-order chi connectivity index (χ0) is 14.8. The highest BCUT2D eigenvalue weighted by atomic mass is 32.1. The van der Waals surface area contributed by atoms with Gasteiger partial charge in [0.15, 0.2) is 5.75 Å². The van der Waals surface area contributed by atoms with Crippen LogP contribution in [0.5, 0.6) is 5.75 Å². The van der Waals surface area contributed by atoms with Gasteiger partial charge in [0.1, 0.15) is 11.6 Å². The van der Waals surface area contributed by atoms with Gasteiger partial charge in [-0.15, -0.1) is 11.3 Å². The summed E-state index contributed by atoms with van der Waals surface area (Å²) in [4.78, 5) is 15.0. The first-order valence-electron chi connectivity index (χ1n) is 6.36. The number of nitro benzene ring substituents is 1. The van der Waals surface area contributed by atoms with Crippen molar-refractivity contribution in [2.24, 2.45) is 0 Å². The summed E-state index contributed by atoms with van der Waals surface area (Å²) in [6.07, 6.45) is 0. The highest BCUT2D eigenvalue weighted by Gasteiger charge is 2.15. The Balaban J connectivity index is 1.84. The Morgan fingerprint density at radius 1 is 1.29 bits per heavy atom. The molecule has 0 fully saturated rings. The second kappa shape index (κ2) is 5.49. The number of hydrogen-bond acceptors (Lipinski definition) is 5. The van der Waals surface area contributed by atoms with Crippen LogP contribution in [-0.2, 0) is 6.61 Å². The minimum atomic E-state index is -0.437. The Labute approximate surface area is 125 Å². The van der Waals surface area contributed by atoms with E-state index >= 15 is 0 Å². The third kappa shape index (κ3) is 2.85. The molecule has 3 aromatic rings. The lowest BCUT2D eigenvalue weighted by molar-refractivity contribution is -0.386. The van der Waals surface area contributed by atoms with Crippen molar-refractivity contribution in [3.8, 4) is 5.75 Å². The molecule has 0 saturated heterocycles. The van der Waals surface area contributed by atoms with Crippen molar-refractivity contribution in [3.63, 3.8) is 0 Å². The van der Waals surface area contributed by atoms with Gasteiger partial charge in [0.2, 0.25) is 0 Å². The molecule has 21 heavy (non-hydrogen) atoms. The molecule has 0 saturated carbocycles. The van der Waals surface area contributed by atoms with E-state index in [1.54, 1.807) is 12.1 Å². The van der Waals surface area contributed by atoms with Crippen molar-refractivity contribution in [2.45, 2.75) is 13.5 Å². The number of aryl methyl sites for hydroxylation is 1. The maximum absolute atomic E-state index is 11.0. The summed E-state index contributed by atoms with van der Waals surface area (Å²) in [7, 11) is 0. The predicted octanol–water partition coefficient (Wildman–Crippen LogP) is 4.09. The van der Waals surface area contributed by atoms with Gasteiger partial charge in [0.05, 0.1) is 15.1 Å². The Morgan fingerprint density at radius 3 is 2.86 bits per heavy atom. The van der Waals surface area contributed by atoms with E-state index in [2.05, 4.69) is 4.98 Å². The van der Waals surface area contributed by atoms with E-state index in [9.17, 15) is 10.1 Å². The Kier molecular flexibility index (Phi) is 3.53. The summed E-state index contributed by atoms with van der Waals surface area (Å²) in [5.74, 6) is 0.277. The average Bonchev–Trinajstić information content (AvgIpc) is 2.87. The summed E-state index contributed by atoms with van der Waals surface area (Å²) in [5, 5.41) is 11.8. The van der Waals surface area contributed by atoms with Crippen molar-refractivity contribution in [3.05, 3.63) is 63.1 Å². The normalized spacial score (nSPS) is 10.7. The van der Waals surface area contributed by atoms with Crippen LogP contribution in [0.2, 0.25) is 0 Å². The second-order valence-electron chi connectivity index (χ2n) is 4.59. The van der Waals surface area contributed by atoms with Gasteiger partial charge in [-0.2, -0.15) is 0 Å². The number of benzene rings is 2. The molecular weight excluding hydrogens is 288 g/mol. The fourth-order valence-corrected chi connectivity index (χ4v) is 2.89. The largest absolute Gasteiger partial charge is 0.479 e. The number of fused-ring (bicyclic) bond motifs is 1. The minimum Gasteiger partial charge on any atom is -0.479 e. The van der Waals surface area contributed by atoms with E-state index < -0.39 is 4.92 Å². The minimum absolute atomic E-state index is 0.0262. The van der Waals surface area contributed by atoms with E-state index in [4.69, 9.17) is 4.74 Å². The molecule has 6 heteroatoms. The molecule has 1 aromatic heterocycles. The molecule has 3 rings (SSSR count). The predicted molar refractivity (Wildman–Crippen MR) is 81.8 cm³/mol. The van der Waals surface area contributed by atoms with Gasteiger partial charge < -0.3 is 4.74 Å². The lowest BCUT2D eigenvalue weighted by Crippen LogP contribution is -1.99. The van der Waals surface area contributed by atoms with Gasteiger partial charge in [0, 0.05) is 6.07 Å². The summed E-state index contributed by atoms with van der Waals surface area (Å²) in [6.45, 7) is 2.10. The third-order valence-electron chi connectivity index (χ3n) is 3.00. The van der Waals surface area contributed by atoms with Gasteiger partial charge in [-0.3, -0.25) is 10.1 Å². The fourth-order valence-electron chi connectivity index (χ4n) is 2.01. The molecule has 5 nitrogen and oxygen atoms in total. The summed E-state index contributed by atoms with van der Waals surface area (Å²) in [6, 6.07) is 12.6. The number of aromatic nitrogens is 1. The molecule has 1 heterocycles. The number of thiazole rings is 1. The number of hydrogen-bond donors (Lipinski definition) is 0. The molecule has 0 aliphatic heterocycles. The molecule has 0 aliphatic rings. The third-order valence-corrected chi connectivity index (χ3v) is 4.01. The summed E-state index contributed by atoms with van der Waals surface area (Å²) >= 11 is 1.53. The molecule has 0 N–H and O–H groups in total. The molecule has 0 aliphatic carbocycles. The molecule has 106 valence electrons. The van der Waals surface area contributed by atoms with Crippen molar-refractivity contribution < 1.29 is 9.66 Å². The van der Waals surface area contributed by atoms with E-state index in [0.29, 0.717) is 0 Å². The van der Waals surface area contributed by atoms with Crippen molar-refractivity contribution in [1.29, 1.82) is 0 Å². The van der Waals surface area contributed by atoms with Crippen molar-refractivity contribution in [1.82, 2.24) is 4.98 Å². The molecule has 0 radical (unpaired) electrons. The van der Waals surface area contributed by atoms with Crippen LogP contribution >= 0.6 is 11.3 Å². The van der Waals surface area contributed by atoms with Gasteiger partial charge in [-0.25, -0.2) is 4.98 Å². The first kappa shape index (κ1) is 13.5. The van der Waals surface area contributed by atoms with Crippen LogP contribution in [0.15, 0.2) is 42.5 Å². The number of ether oxygens (including phenoxy) is 1. The molecular formula is C15H12N2O3S. The number of nitro groups is 1. The average molecular weight is 300 g/mol. The zero-order valence-electron chi connectivity index (χ0n) is 11.3. The van der Waals surface area contributed by atoms with Crippen molar-refractivity contribution >= 4 is 27.2 Å². The van der Waals surface area contributed by atoms with Crippen LogP contribution in [0.3, 0.4) is 0 Å².